The highest BCUT2D eigenvalue weighted by Gasteiger charge is 2.08. The van der Waals surface area contributed by atoms with E-state index >= 15 is 0 Å². The molecule has 1 aromatic heterocycles. The summed E-state index contributed by atoms with van der Waals surface area (Å²) in [6, 6.07) is 23.4. The van der Waals surface area contributed by atoms with E-state index < -0.39 is 0 Å². The number of H-pyrrole nitrogens is 1. The number of carbonyl (C=O) groups is 1. The van der Waals surface area contributed by atoms with Gasteiger partial charge in [-0.05, 0) is 60.9 Å². The van der Waals surface area contributed by atoms with Crippen LogP contribution in [0.15, 0.2) is 79.0 Å². The maximum absolute atomic E-state index is 12.4. The fraction of sp³-hybridized carbons (Fsp3) is 0.192. The van der Waals surface area contributed by atoms with E-state index in [4.69, 9.17) is 9.47 Å². The molecule has 0 radical (unpaired) electrons. The number of carbonyl (C=O) groups excluding carboxylic acids is 1. The minimum absolute atomic E-state index is 0.0838. The van der Waals surface area contributed by atoms with Crippen LogP contribution >= 0.6 is 0 Å². The molecule has 5 heteroatoms. The summed E-state index contributed by atoms with van der Waals surface area (Å²) in [5.74, 6) is 1.51. The van der Waals surface area contributed by atoms with E-state index in [9.17, 15) is 4.79 Å². The zero-order valence-electron chi connectivity index (χ0n) is 17.6. The molecule has 1 amide bonds. The number of aromatic amines is 1. The summed E-state index contributed by atoms with van der Waals surface area (Å²) >= 11 is 0. The highest BCUT2D eigenvalue weighted by Crippen LogP contribution is 2.24. The lowest BCUT2D eigenvalue weighted by Gasteiger charge is -2.08. The molecule has 0 bridgehead atoms. The Morgan fingerprint density at radius 3 is 2.48 bits per heavy atom. The molecule has 0 spiro atoms. The Morgan fingerprint density at radius 2 is 1.71 bits per heavy atom. The quantitative estimate of drug-likeness (QED) is 0.400. The minimum Gasteiger partial charge on any atom is -0.494 e. The molecule has 2 N–H and O–H groups in total. The number of amides is 1. The first-order chi connectivity index (χ1) is 15.2. The van der Waals surface area contributed by atoms with Crippen molar-refractivity contribution in [1.82, 2.24) is 10.3 Å². The van der Waals surface area contributed by atoms with Gasteiger partial charge >= 0.3 is 0 Å². The van der Waals surface area contributed by atoms with Crippen LogP contribution in [0.5, 0.6) is 11.5 Å². The molecule has 4 rings (SSSR count). The van der Waals surface area contributed by atoms with Crippen molar-refractivity contribution in [3.8, 4) is 11.5 Å². The van der Waals surface area contributed by atoms with Crippen molar-refractivity contribution >= 4 is 16.8 Å². The van der Waals surface area contributed by atoms with Crippen molar-refractivity contribution in [3.05, 3.63) is 95.7 Å². The molecule has 0 saturated heterocycles. The lowest BCUT2D eigenvalue weighted by molar-refractivity contribution is 0.0954. The van der Waals surface area contributed by atoms with E-state index in [1.54, 1.807) is 12.1 Å². The molecule has 31 heavy (non-hydrogen) atoms. The van der Waals surface area contributed by atoms with Crippen molar-refractivity contribution in [1.29, 1.82) is 0 Å². The van der Waals surface area contributed by atoms with Crippen LogP contribution in [0.25, 0.3) is 10.9 Å². The summed E-state index contributed by atoms with van der Waals surface area (Å²) in [5, 5.41) is 4.13. The molecule has 0 unspecified atom stereocenters. The Hall–Kier alpha value is -3.73. The predicted octanol–water partition coefficient (Wildman–Crippen LogP) is 5.12. The molecule has 1 heterocycles. The first-order valence-electron chi connectivity index (χ1n) is 10.5. The average molecular weight is 415 g/mol. The third-order valence-corrected chi connectivity index (χ3v) is 5.09. The number of nitrogens with one attached hydrogen (secondary N) is 2. The Bertz CT molecular complexity index is 1130. The maximum atomic E-state index is 12.4. The van der Waals surface area contributed by atoms with Gasteiger partial charge in [-0.15, -0.1) is 0 Å². The van der Waals surface area contributed by atoms with Gasteiger partial charge in [-0.1, -0.05) is 30.3 Å². The summed E-state index contributed by atoms with van der Waals surface area (Å²) in [5.41, 5.74) is 3.95. The van der Waals surface area contributed by atoms with E-state index in [2.05, 4.69) is 16.4 Å². The number of hydrogen-bond donors (Lipinski definition) is 2. The van der Waals surface area contributed by atoms with Gasteiger partial charge in [0.25, 0.3) is 5.91 Å². The van der Waals surface area contributed by atoms with Gasteiger partial charge in [-0.2, -0.15) is 0 Å². The standard InChI is InChI=1S/C26H26N2O3/c1-2-30-22-10-8-20(9-11-22)26(29)27-15-14-21-17-28-25-16-23(12-13-24(21)25)31-18-19-6-4-3-5-7-19/h3-13,16-17,28H,2,14-15,18H2,1H3,(H,27,29). The van der Waals surface area contributed by atoms with E-state index in [-0.39, 0.29) is 5.91 Å². The van der Waals surface area contributed by atoms with Gasteiger partial charge in [0.2, 0.25) is 0 Å². The van der Waals surface area contributed by atoms with Crippen LogP contribution in [0.1, 0.15) is 28.4 Å². The number of benzene rings is 3. The second kappa shape index (κ2) is 9.85. The summed E-state index contributed by atoms with van der Waals surface area (Å²) < 4.78 is 11.3. The average Bonchev–Trinajstić information content (AvgIpc) is 3.21. The molecule has 0 aliphatic carbocycles. The topological polar surface area (TPSA) is 63.3 Å². The smallest absolute Gasteiger partial charge is 0.251 e. The summed E-state index contributed by atoms with van der Waals surface area (Å²) in [6.07, 6.45) is 2.74. The van der Waals surface area contributed by atoms with E-state index in [0.29, 0.717) is 25.3 Å². The van der Waals surface area contributed by atoms with Gasteiger partial charge in [0, 0.05) is 35.3 Å². The molecule has 5 nitrogen and oxygen atoms in total. The van der Waals surface area contributed by atoms with E-state index in [0.717, 1.165) is 39.9 Å². The highest BCUT2D eigenvalue weighted by molar-refractivity contribution is 5.94. The molecule has 0 atom stereocenters. The Balaban J connectivity index is 1.32. The zero-order valence-corrected chi connectivity index (χ0v) is 17.6. The number of rotatable bonds is 9. The van der Waals surface area contributed by atoms with Crippen LogP contribution in [-0.4, -0.2) is 24.0 Å². The first-order valence-corrected chi connectivity index (χ1v) is 10.5. The number of aromatic nitrogens is 1. The maximum Gasteiger partial charge on any atom is 0.251 e. The minimum atomic E-state index is -0.0838. The Labute approximate surface area is 182 Å². The fourth-order valence-corrected chi connectivity index (χ4v) is 3.48. The van der Waals surface area contributed by atoms with E-state index in [1.165, 1.54) is 0 Å². The van der Waals surface area contributed by atoms with Crippen LogP contribution in [0.2, 0.25) is 0 Å². The molecular formula is C26H26N2O3. The molecule has 0 aliphatic rings. The second-order valence-corrected chi connectivity index (χ2v) is 7.26. The van der Waals surface area contributed by atoms with Gasteiger partial charge in [-0.25, -0.2) is 0 Å². The van der Waals surface area contributed by atoms with Crippen LogP contribution < -0.4 is 14.8 Å². The summed E-state index contributed by atoms with van der Waals surface area (Å²) in [4.78, 5) is 15.7. The first kappa shape index (κ1) is 20.5. The number of ether oxygens (including phenoxy) is 2. The monoisotopic (exact) mass is 414 g/mol. The van der Waals surface area contributed by atoms with Gasteiger partial charge in [0.1, 0.15) is 18.1 Å². The zero-order chi connectivity index (χ0) is 21.5. The SMILES string of the molecule is CCOc1ccc(C(=O)NCCc2c[nH]c3cc(OCc4ccccc4)ccc23)cc1. The third-order valence-electron chi connectivity index (χ3n) is 5.09. The molecule has 0 aliphatic heterocycles. The van der Waals surface area contributed by atoms with Crippen LogP contribution in [0, 0.1) is 0 Å². The van der Waals surface area contributed by atoms with E-state index in [1.807, 2.05) is 67.7 Å². The van der Waals surface area contributed by atoms with Crippen molar-refractivity contribution in [3.63, 3.8) is 0 Å². The predicted molar refractivity (Wildman–Crippen MR) is 123 cm³/mol. The van der Waals surface area contributed by atoms with Crippen molar-refractivity contribution in [2.24, 2.45) is 0 Å². The van der Waals surface area contributed by atoms with Gasteiger partial charge in [0.15, 0.2) is 0 Å². The van der Waals surface area contributed by atoms with Crippen LogP contribution in [0.3, 0.4) is 0 Å². The molecule has 0 fully saturated rings. The largest absolute Gasteiger partial charge is 0.494 e. The molecule has 4 aromatic rings. The van der Waals surface area contributed by atoms with Crippen LogP contribution in [-0.2, 0) is 13.0 Å². The van der Waals surface area contributed by atoms with Gasteiger partial charge in [0.05, 0.1) is 6.61 Å². The fourth-order valence-electron chi connectivity index (χ4n) is 3.48. The molecule has 3 aromatic carbocycles. The molecular weight excluding hydrogens is 388 g/mol. The van der Waals surface area contributed by atoms with Crippen molar-refractivity contribution in [2.75, 3.05) is 13.2 Å². The second-order valence-electron chi connectivity index (χ2n) is 7.26. The summed E-state index contributed by atoms with van der Waals surface area (Å²) in [7, 11) is 0. The van der Waals surface area contributed by atoms with Gasteiger partial charge < -0.3 is 19.8 Å². The molecule has 158 valence electrons. The number of hydrogen-bond acceptors (Lipinski definition) is 3. The highest BCUT2D eigenvalue weighted by atomic mass is 16.5. The lowest BCUT2D eigenvalue weighted by Crippen LogP contribution is -2.25. The Morgan fingerprint density at radius 1 is 0.935 bits per heavy atom. The summed E-state index contributed by atoms with van der Waals surface area (Å²) in [6.45, 7) is 3.64. The normalized spacial score (nSPS) is 10.7. The van der Waals surface area contributed by atoms with Crippen LogP contribution in [0.4, 0.5) is 0 Å². The third kappa shape index (κ3) is 5.25. The van der Waals surface area contributed by atoms with Crippen molar-refractivity contribution in [2.45, 2.75) is 20.0 Å². The number of fused-ring (bicyclic) bond motifs is 1. The van der Waals surface area contributed by atoms with Gasteiger partial charge in [-0.3, -0.25) is 4.79 Å². The van der Waals surface area contributed by atoms with Crippen molar-refractivity contribution < 1.29 is 14.3 Å². The Kier molecular flexibility index (Phi) is 6.53. The lowest BCUT2D eigenvalue weighted by atomic mass is 10.1. The molecule has 0 saturated carbocycles.